The number of rotatable bonds is 1. The number of aromatic nitrogens is 2. The largest absolute Gasteiger partial charge is 0.506 e. The smallest absolute Gasteiger partial charge is 0.269 e. The van der Waals surface area contributed by atoms with Gasteiger partial charge in [0.2, 0.25) is 0 Å². The van der Waals surface area contributed by atoms with Crippen LogP contribution in [0.3, 0.4) is 0 Å². The van der Waals surface area contributed by atoms with Crippen LogP contribution in [0.25, 0.3) is 32.7 Å². The highest BCUT2D eigenvalue weighted by atomic mass is 16.3. The number of carbonyl (C=O) groups is 1. The van der Waals surface area contributed by atoms with Crippen molar-refractivity contribution >= 4 is 38.6 Å². The van der Waals surface area contributed by atoms with Gasteiger partial charge in [0.15, 0.2) is 5.69 Å². The maximum absolute atomic E-state index is 11.8. The highest BCUT2D eigenvalue weighted by molar-refractivity contribution is 6.25. The molecule has 0 aliphatic rings. The molecule has 2 aromatic carbocycles. The third-order valence-corrected chi connectivity index (χ3v) is 3.93. The van der Waals surface area contributed by atoms with Gasteiger partial charge in [0, 0.05) is 16.2 Å². The lowest BCUT2D eigenvalue weighted by Gasteiger charge is -2.05. The number of phenolic OH excluding ortho intramolecular Hbond substituents is 1. The minimum Gasteiger partial charge on any atom is -0.506 e. The molecule has 0 aliphatic heterocycles. The molecule has 4 aromatic rings. The molecular weight excluding hydrogens is 316 g/mol. The molecule has 6 nitrogen and oxygen atoms in total. The summed E-state index contributed by atoms with van der Waals surface area (Å²) in [5.41, 5.74) is 7.39. The van der Waals surface area contributed by atoms with Crippen molar-refractivity contribution in [3.05, 3.63) is 47.7 Å². The zero-order valence-electron chi connectivity index (χ0n) is 13.8. The number of para-hydroxylation sites is 1. The molecule has 124 valence electrons. The van der Waals surface area contributed by atoms with Crippen LogP contribution >= 0.6 is 0 Å². The van der Waals surface area contributed by atoms with Crippen molar-refractivity contribution in [3.63, 3.8) is 0 Å². The van der Waals surface area contributed by atoms with Crippen LogP contribution in [-0.4, -0.2) is 21.0 Å². The van der Waals surface area contributed by atoms with E-state index in [0.717, 1.165) is 0 Å². The molecule has 4 N–H and O–H groups in total. The molecule has 0 aliphatic carbocycles. The van der Waals surface area contributed by atoms with E-state index in [2.05, 4.69) is 16.0 Å². The number of aromatic amines is 1. The van der Waals surface area contributed by atoms with Gasteiger partial charge in [-0.2, -0.15) is 5.26 Å². The Morgan fingerprint density at radius 2 is 1.88 bits per heavy atom. The van der Waals surface area contributed by atoms with Crippen LogP contribution in [0.5, 0.6) is 5.75 Å². The van der Waals surface area contributed by atoms with Gasteiger partial charge in [-0.05, 0) is 18.2 Å². The maximum atomic E-state index is 11.8. The summed E-state index contributed by atoms with van der Waals surface area (Å²) in [4.78, 5) is 19.1. The van der Waals surface area contributed by atoms with Gasteiger partial charge in [0.25, 0.3) is 5.91 Å². The molecule has 0 saturated carbocycles. The summed E-state index contributed by atoms with van der Waals surface area (Å²) in [7, 11) is 0. The van der Waals surface area contributed by atoms with Crippen LogP contribution in [0, 0.1) is 11.3 Å². The fourth-order valence-electron chi connectivity index (χ4n) is 2.98. The predicted octanol–water partition coefficient (Wildman–Crippen LogP) is 3.57. The van der Waals surface area contributed by atoms with E-state index in [1.165, 1.54) is 0 Å². The molecule has 2 heterocycles. The van der Waals surface area contributed by atoms with Crippen molar-refractivity contribution in [1.29, 1.82) is 5.26 Å². The van der Waals surface area contributed by atoms with E-state index in [0.29, 0.717) is 38.3 Å². The zero-order chi connectivity index (χ0) is 18.1. The van der Waals surface area contributed by atoms with E-state index in [4.69, 9.17) is 5.73 Å². The van der Waals surface area contributed by atoms with Gasteiger partial charge in [-0.15, -0.1) is 0 Å². The minimum absolute atomic E-state index is 0.0525. The fraction of sp³-hybridized carbons (Fsp3) is 0.105. The first-order valence-electron chi connectivity index (χ1n) is 7.88. The number of H-pyrrole nitrogens is 1. The Morgan fingerprint density at radius 3 is 2.56 bits per heavy atom. The number of amides is 1. The lowest BCUT2D eigenvalue weighted by Crippen LogP contribution is -2.14. The van der Waals surface area contributed by atoms with E-state index >= 15 is 0 Å². The molecule has 0 saturated heterocycles. The van der Waals surface area contributed by atoms with Gasteiger partial charge in [0.05, 0.1) is 28.2 Å². The second-order valence-electron chi connectivity index (χ2n) is 5.21. The number of fused-ring (bicyclic) bond motifs is 5. The Morgan fingerprint density at radius 1 is 1.16 bits per heavy atom. The highest BCUT2D eigenvalue weighted by Gasteiger charge is 2.19. The number of nitriles is 1. The van der Waals surface area contributed by atoms with Crippen molar-refractivity contribution < 1.29 is 9.90 Å². The zero-order valence-corrected chi connectivity index (χ0v) is 13.8. The van der Waals surface area contributed by atoms with Crippen LogP contribution in [0.4, 0.5) is 0 Å². The first-order chi connectivity index (χ1) is 12.1. The number of nitrogens with two attached hydrogens (primary N) is 1. The number of aromatic hydroxyl groups is 1. The first-order valence-corrected chi connectivity index (χ1v) is 7.88. The normalized spacial score (nSPS) is 10.4. The third kappa shape index (κ3) is 2.34. The molecule has 25 heavy (non-hydrogen) atoms. The number of pyridine rings is 1. The quantitative estimate of drug-likeness (QED) is 0.494. The van der Waals surface area contributed by atoms with Gasteiger partial charge in [-0.25, -0.2) is 4.98 Å². The van der Waals surface area contributed by atoms with E-state index in [-0.39, 0.29) is 11.4 Å². The number of hydrogen-bond donors (Lipinski definition) is 3. The van der Waals surface area contributed by atoms with Crippen molar-refractivity contribution in [1.82, 2.24) is 9.97 Å². The number of hydrogen-bond acceptors (Lipinski definition) is 4. The van der Waals surface area contributed by atoms with Crippen LogP contribution < -0.4 is 5.73 Å². The van der Waals surface area contributed by atoms with Gasteiger partial charge in [-0.3, -0.25) is 4.79 Å². The van der Waals surface area contributed by atoms with Gasteiger partial charge >= 0.3 is 0 Å². The molecule has 0 unspecified atom stereocenters. The Balaban J connectivity index is 0.000000880. The average molecular weight is 332 g/mol. The third-order valence-electron chi connectivity index (χ3n) is 3.93. The van der Waals surface area contributed by atoms with Gasteiger partial charge < -0.3 is 15.8 Å². The summed E-state index contributed by atoms with van der Waals surface area (Å²) >= 11 is 0. The fourth-order valence-corrected chi connectivity index (χ4v) is 2.98. The van der Waals surface area contributed by atoms with E-state index in [9.17, 15) is 15.2 Å². The van der Waals surface area contributed by atoms with Gasteiger partial charge in [-0.1, -0.05) is 32.0 Å². The lowest BCUT2D eigenvalue weighted by molar-refractivity contribution is 0.0997. The summed E-state index contributed by atoms with van der Waals surface area (Å²) in [6.45, 7) is 4.00. The molecule has 4 rings (SSSR count). The first kappa shape index (κ1) is 16.3. The summed E-state index contributed by atoms with van der Waals surface area (Å²) in [6.07, 6.45) is 0. The summed E-state index contributed by atoms with van der Waals surface area (Å²) in [5.74, 6) is -0.623. The summed E-state index contributed by atoms with van der Waals surface area (Å²) in [6, 6.07) is 12.3. The van der Waals surface area contributed by atoms with Crippen molar-refractivity contribution in [2.45, 2.75) is 13.8 Å². The number of phenols is 1. The molecule has 0 radical (unpaired) electrons. The number of nitrogens with one attached hydrogen (secondary N) is 1. The lowest BCUT2D eigenvalue weighted by atomic mass is 10.0. The molecular formula is C19H16N4O2. The maximum Gasteiger partial charge on any atom is 0.269 e. The molecule has 0 fully saturated rings. The molecule has 6 heteroatoms. The van der Waals surface area contributed by atoms with E-state index in [1.54, 1.807) is 30.3 Å². The molecule has 0 atom stereocenters. The molecule has 2 aromatic heterocycles. The second kappa shape index (κ2) is 6.13. The van der Waals surface area contributed by atoms with Crippen molar-refractivity contribution in [2.24, 2.45) is 5.73 Å². The number of nitrogens with zero attached hydrogens (tertiary/aromatic N) is 2. The highest BCUT2D eigenvalue weighted by Crippen LogP contribution is 2.37. The minimum atomic E-state index is -0.676. The van der Waals surface area contributed by atoms with Crippen LogP contribution in [0.15, 0.2) is 36.4 Å². The SMILES string of the molecule is CC.N#Cc1cccc2nc(C(N)=O)c3[nH]c4c(O)cccc4c3c12. The van der Waals surface area contributed by atoms with Crippen molar-refractivity contribution in [3.8, 4) is 11.8 Å². The van der Waals surface area contributed by atoms with E-state index in [1.807, 2.05) is 19.9 Å². The number of benzene rings is 2. The summed E-state index contributed by atoms with van der Waals surface area (Å²) in [5, 5.41) is 21.5. The Kier molecular flexibility index (Phi) is 3.99. The second-order valence-corrected chi connectivity index (χ2v) is 5.21. The standard InChI is InChI=1S/C17H10N4O2.C2H6/c18-7-8-3-1-5-10-12(8)13-9-4-2-6-11(22)14(9)21-15(13)16(20-10)17(19)23;1-2/h1-6,21-22H,(H2,19,23);1-2H3. The predicted molar refractivity (Wildman–Crippen MR) is 97.4 cm³/mol. The van der Waals surface area contributed by atoms with Crippen LogP contribution in [-0.2, 0) is 0 Å². The number of carbonyl (C=O) groups excluding carboxylic acids is 1. The molecule has 0 spiro atoms. The van der Waals surface area contributed by atoms with E-state index < -0.39 is 5.91 Å². The molecule has 0 bridgehead atoms. The Labute approximate surface area is 143 Å². The Bertz CT molecular complexity index is 1170. The van der Waals surface area contributed by atoms with Crippen LogP contribution in [0.1, 0.15) is 29.9 Å². The van der Waals surface area contributed by atoms with Crippen molar-refractivity contribution in [2.75, 3.05) is 0 Å². The topological polar surface area (TPSA) is 116 Å². The molecule has 1 amide bonds. The average Bonchev–Trinajstić information content (AvgIpc) is 3.03. The Hall–Kier alpha value is -3.59. The van der Waals surface area contributed by atoms with Gasteiger partial charge in [0.1, 0.15) is 5.75 Å². The summed E-state index contributed by atoms with van der Waals surface area (Å²) < 4.78 is 0. The monoisotopic (exact) mass is 332 g/mol. The van der Waals surface area contributed by atoms with Crippen LogP contribution in [0.2, 0.25) is 0 Å². The number of primary amides is 1.